The molecule has 0 atom stereocenters. The van der Waals surface area contributed by atoms with Crippen LogP contribution in [-0.4, -0.2) is 27.0 Å². The van der Waals surface area contributed by atoms with Crippen molar-refractivity contribution >= 4 is 21.6 Å². The van der Waals surface area contributed by atoms with Crippen molar-refractivity contribution in [2.75, 3.05) is 11.9 Å². The maximum atomic E-state index is 12.7. The molecular weight excluding hydrogens is 340 g/mol. The number of hydrogen-bond acceptors (Lipinski definition) is 4. The van der Waals surface area contributed by atoms with Crippen molar-refractivity contribution in [1.82, 2.24) is 4.72 Å². The third-order valence-electron chi connectivity index (χ3n) is 4.33. The Morgan fingerprint density at radius 3 is 2.44 bits per heavy atom. The van der Waals surface area contributed by atoms with Gasteiger partial charge in [0.1, 0.15) is 5.75 Å². The van der Waals surface area contributed by atoms with Crippen molar-refractivity contribution in [1.29, 1.82) is 0 Å². The molecule has 0 unspecified atom stereocenters. The molecule has 1 amide bonds. The third kappa shape index (κ3) is 5.71. The van der Waals surface area contributed by atoms with Gasteiger partial charge in [0.25, 0.3) is 0 Å². The minimum atomic E-state index is -3.63. The third-order valence-corrected chi connectivity index (χ3v) is 5.85. The van der Waals surface area contributed by atoms with E-state index < -0.39 is 10.0 Å². The molecule has 2 rings (SSSR count). The summed E-state index contributed by atoms with van der Waals surface area (Å²) in [5.41, 5.74) is 0.387. The van der Waals surface area contributed by atoms with Crippen molar-refractivity contribution in [2.45, 2.75) is 69.7 Å². The van der Waals surface area contributed by atoms with Gasteiger partial charge in [-0.05, 0) is 38.0 Å². The molecule has 0 bridgehead atoms. The fourth-order valence-corrected chi connectivity index (χ4v) is 4.31. The van der Waals surface area contributed by atoms with Gasteiger partial charge in [-0.2, -0.15) is 0 Å². The van der Waals surface area contributed by atoms with Gasteiger partial charge in [0.05, 0.1) is 17.2 Å². The lowest BCUT2D eigenvalue weighted by atomic mass is 10.1. The van der Waals surface area contributed by atoms with Gasteiger partial charge in [-0.3, -0.25) is 4.79 Å². The van der Waals surface area contributed by atoms with E-state index in [1.807, 2.05) is 6.92 Å². The summed E-state index contributed by atoms with van der Waals surface area (Å²) < 4.78 is 33.8. The number of carbonyl (C=O) groups is 1. The van der Waals surface area contributed by atoms with E-state index in [4.69, 9.17) is 4.74 Å². The normalized spacial score (nSPS) is 16.2. The number of anilines is 1. The molecule has 0 radical (unpaired) electrons. The van der Waals surface area contributed by atoms with Crippen LogP contribution in [0.3, 0.4) is 0 Å². The molecule has 25 heavy (non-hydrogen) atoms. The van der Waals surface area contributed by atoms with Gasteiger partial charge in [-0.25, -0.2) is 13.1 Å². The summed E-state index contributed by atoms with van der Waals surface area (Å²) in [4.78, 5) is 11.9. The topological polar surface area (TPSA) is 84.5 Å². The molecule has 140 valence electrons. The molecule has 1 aromatic carbocycles. The van der Waals surface area contributed by atoms with Crippen LogP contribution in [0.1, 0.15) is 58.8 Å². The molecule has 2 N–H and O–H groups in total. The Bertz CT molecular complexity index is 680. The van der Waals surface area contributed by atoms with E-state index in [-0.39, 0.29) is 16.8 Å². The SMILES string of the molecule is CCOc1ccc(S(=O)(=O)NC2CCCCCC2)cc1NC(=O)CC. The van der Waals surface area contributed by atoms with Gasteiger partial charge < -0.3 is 10.1 Å². The van der Waals surface area contributed by atoms with Crippen LogP contribution < -0.4 is 14.8 Å². The van der Waals surface area contributed by atoms with Crippen molar-refractivity contribution in [3.8, 4) is 5.75 Å². The summed E-state index contributed by atoms with van der Waals surface area (Å²) in [5.74, 6) is 0.282. The second-order valence-corrected chi connectivity index (χ2v) is 8.02. The summed E-state index contributed by atoms with van der Waals surface area (Å²) in [6, 6.07) is 4.56. The Morgan fingerprint density at radius 1 is 1.16 bits per heavy atom. The lowest BCUT2D eigenvalue weighted by Gasteiger charge is -2.18. The number of carbonyl (C=O) groups excluding carboxylic acids is 1. The molecule has 1 saturated carbocycles. The first-order valence-corrected chi connectivity index (χ1v) is 10.5. The maximum absolute atomic E-state index is 12.7. The Labute approximate surface area is 150 Å². The van der Waals surface area contributed by atoms with E-state index in [9.17, 15) is 13.2 Å². The molecule has 0 spiro atoms. The van der Waals surface area contributed by atoms with Crippen LogP contribution in [0, 0.1) is 0 Å². The molecule has 1 aliphatic rings. The van der Waals surface area contributed by atoms with E-state index >= 15 is 0 Å². The highest BCUT2D eigenvalue weighted by molar-refractivity contribution is 7.89. The number of sulfonamides is 1. The van der Waals surface area contributed by atoms with Gasteiger partial charge in [0, 0.05) is 12.5 Å². The van der Waals surface area contributed by atoms with Crippen LogP contribution in [0.4, 0.5) is 5.69 Å². The zero-order valence-electron chi connectivity index (χ0n) is 15.0. The minimum absolute atomic E-state index is 0.0206. The number of benzene rings is 1. The quantitative estimate of drug-likeness (QED) is 0.722. The van der Waals surface area contributed by atoms with Crippen LogP contribution in [0.5, 0.6) is 5.75 Å². The van der Waals surface area contributed by atoms with Crippen molar-refractivity contribution in [2.24, 2.45) is 0 Å². The second kappa shape index (κ2) is 9.20. The Balaban J connectivity index is 2.23. The standard InChI is InChI=1S/C18H28N2O4S/c1-3-18(21)19-16-13-15(11-12-17(16)24-4-2)25(22,23)20-14-9-7-5-6-8-10-14/h11-14,20H,3-10H2,1-2H3,(H,19,21). The van der Waals surface area contributed by atoms with Crippen LogP contribution in [0.15, 0.2) is 23.1 Å². The summed E-state index contributed by atoms with van der Waals surface area (Å²) in [6.45, 7) is 4.01. The first-order valence-electron chi connectivity index (χ1n) is 9.05. The fourth-order valence-electron chi connectivity index (χ4n) is 2.98. The Kier molecular flexibility index (Phi) is 7.25. The average Bonchev–Trinajstić information content (AvgIpc) is 2.84. The van der Waals surface area contributed by atoms with Crippen LogP contribution in [0.2, 0.25) is 0 Å². The van der Waals surface area contributed by atoms with E-state index in [1.165, 1.54) is 12.1 Å². The number of amides is 1. The summed E-state index contributed by atoms with van der Waals surface area (Å²) in [5, 5.41) is 2.71. The van der Waals surface area contributed by atoms with E-state index in [0.717, 1.165) is 38.5 Å². The second-order valence-electron chi connectivity index (χ2n) is 6.30. The van der Waals surface area contributed by atoms with Crippen molar-refractivity contribution in [3.63, 3.8) is 0 Å². The molecule has 0 aliphatic heterocycles. The molecule has 1 aliphatic carbocycles. The minimum Gasteiger partial charge on any atom is -0.492 e. The molecule has 1 fully saturated rings. The Morgan fingerprint density at radius 2 is 1.84 bits per heavy atom. The first kappa shape index (κ1) is 19.7. The summed E-state index contributed by atoms with van der Waals surface area (Å²) in [6.07, 6.45) is 6.47. The molecule has 0 saturated heterocycles. The average molecular weight is 368 g/mol. The lowest BCUT2D eigenvalue weighted by molar-refractivity contribution is -0.115. The van der Waals surface area contributed by atoms with Gasteiger partial charge in [-0.15, -0.1) is 0 Å². The first-order chi connectivity index (χ1) is 12.0. The highest BCUT2D eigenvalue weighted by Gasteiger charge is 2.22. The fraction of sp³-hybridized carbons (Fsp3) is 0.611. The lowest BCUT2D eigenvalue weighted by Crippen LogP contribution is -2.34. The van der Waals surface area contributed by atoms with Gasteiger partial charge >= 0.3 is 0 Å². The number of hydrogen-bond donors (Lipinski definition) is 2. The molecular formula is C18H28N2O4S. The van der Waals surface area contributed by atoms with Gasteiger partial charge in [-0.1, -0.05) is 32.6 Å². The predicted octanol–water partition coefficient (Wildman–Crippen LogP) is 3.43. The Hall–Kier alpha value is -1.60. The monoisotopic (exact) mass is 368 g/mol. The highest BCUT2D eigenvalue weighted by atomic mass is 32.2. The molecule has 6 nitrogen and oxygen atoms in total. The van der Waals surface area contributed by atoms with Crippen LogP contribution in [-0.2, 0) is 14.8 Å². The number of nitrogens with one attached hydrogen (secondary N) is 2. The molecule has 1 aromatic rings. The van der Waals surface area contributed by atoms with Crippen LogP contribution >= 0.6 is 0 Å². The summed E-state index contributed by atoms with van der Waals surface area (Å²) in [7, 11) is -3.63. The van der Waals surface area contributed by atoms with Crippen molar-refractivity contribution in [3.05, 3.63) is 18.2 Å². The molecule has 7 heteroatoms. The molecule has 0 heterocycles. The number of ether oxygens (including phenoxy) is 1. The zero-order valence-corrected chi connectivity index (χ0v) is 15.8. The highest BCUT2D eigenvalue weighted by Crippen LogP contribution is 2.29. The van der Waals surface area contributed by atoms with Crippen LogP contribution in [0.25, 0.3) is 0 Å². The van der Waals surface area contributed by atoms with Gasteiger partial charge in [0.15, 0.2) is 0 Å². The van der Waals surface area contributed by atoms with Gasteiger partial charge in [0.2, 0.25) is 15.9 Å². The van der Waals surface area contributed by atoms with Crippen molar-refractivity contribution < 1.29 is 17.9 Å². The maximum Gasteiger partial charge on any atom is 0.240 e. The smallest absolute Gasteiger partial charge is 0.240 e. The zero-order chi connectivity index (χ0) is 18.3. The largest absolute Gasteiger partial charge is 0.492 e. The summed E-state index contributed by atoms with van der Waals surface area (Å²) >= 11 is 0. The van der Waals surface area contributed by atoms with E-state index in [0.29, 0.717) is 24.5 Å². The predicted molar refractivity (Wildman–Crippen MR) is 98.3 cm³/mol. The molecule has 0 aromatic heterocycles. The number of rotatable bonds is 7. The van der Waals surface area contributed by atoms with E-state index in [2.05, 4.69) is 10.0 Å². The van der Waals surface area contributed by atoms with E-state index in [1.54, 1.807) is 13.0 Å².